The normalized spacial score (nSPS) is 12.2. The Morgan fingerprint density at radius 2 is 1.50 bits per heavy atom. The van der Waals surface area contributed by atoms with Crippen LogP contribution in [0.5, 0.6) is 0 Å². The Bertz CT molecular complexity index is 561. The van der Waals surface area contributed by atoms with Gasteiger partial charge in [-0.2, -0.15) is 0 Å². The van der Waals surface area contributed by atoms with Gasteiger partial charge in [-0.3, -0.25) is 4.79 Å². The third-order valence-corrected chi connectivity index (χ3v) is 3.28. The van der Waals surface area contributed by atoms with Gasteiger partial charge in [-0.25, -0.2) is 0 Å². The van der Waals surface area contributed by atoms with E-state index in [2.05, 4.69) is 17.4 Å². The molecule has 0 heterocycles. The summed E-state index contributed by atoms with van der Waals surface area (Å²) in [6.45, 7) is 3.87. The first-order valence-electron chi connectivity index (χ1n) is 6.80. The standard InChI is InChI=1S/C17H20N2O/c1-12(2)16(18)17(20)19-15-10-8-14(9-11-15)13-6-4-3-5-7-13/h3-12,16H,18H2,1-2H3,(H,19,20). The molecule has 2 rings (SSSR count). The fourth-order valence-electron chi connectivity index (χ4n) is 1.90. The first kappa shape index (κ1) is 14.3. The van der Waals surface area contributed by atoms with Crippen LogP contribution in [0.3, 0.4) is 0 Å². The highest BCUT2D eigenvalue weighted by molar-refractivity contribution is 5.95. The highest BCUT2D eigenvalue weighted by Gasteiger charge is 2.16. The van der Waals surface area contributed by atoms with Gasteiger partial charge < -0.3 is 11.1 Å². The quantitative estimate of drug-likeness (QED) is 0.894. The van der Waals surface area contributed by atoms with E-state index in [1.165, 1.54) is 0 Å². The maximum absolute atomic E-state index is 11.9. The van der Waals surface area contributed by atoms with Gasteiger partial charge in [-0.05, 0) is 29.2 Å². The summed E-state index contributed by atoms with van der Waals surface area (Å²) in [5, 5.41) is 2.84. The molecule has 0 saturated carbocycles. The molecule has 2 aromatic carbocycles. The maximum atomic E-state index is 11.9. The Morgan fingerprint density at radius 3 is 2.05 bits per heavy atom. The minimum atomic E-state index is -0.483. The van der Waals surface area contributed by atoms with Crippen LogP contribution in [0.2, 0.25) is 0 Å². The molecule has 0 saturated heterocycles. The third-order valence-electron chi connectivity index (χ3n) is 3.28. The van der Waals surface area contributed by atoms with Crippen LogP contribution in [0, 0.1) is 5.92 Å². The van der Waals surface area contributed by atoms with Crippen molar-refractivity contribution in [3.05, 3.63) is 54.6 Å². The Labute approximate surface area is 119 Å². The van der Waals surface area contributed by atoms with E-state index in [4.69, 9.17) is 5.73 Å². The number of nitrogens with two attached hydrogens (primary N) is 1. The smallest absolute Gasteiger partial charge is 0.241 e. The van der Waals surface area contributed by atoms with Gasteiger partial charge in [0.2, 0.25) is 5.91 Å². The van der Waals surface area contributed by atoms with Crippen LogP contribution >= 0.6 is 0 Å². The van der Waals surface area contributed by atoms with Gasteiger partial charge in [0.1, 0.15) is 0 Å². The number of carbonyl (C=O) groups is 1. The molecule has 0 aromatic heterocycles. The number of hydrogen-bond donors (Lipinski definition) is 2. The molecule has 3 N–H and O–H groups in total. The average molecular weight is 268 g/mol. The minimum absolute atomic E-state index is 0.124. The van der Waals surface area contributed by atoms with Crippen molar-refractivity contribution >= 4 is 11.6 Å². The van der Waals surface area contributed by atoms with Crippen molar-refractivity contribution in [1.82, 2.24) is 0 Å². The molecule has 20 heavy (non-hydrogen) atoms. The molecule has 2 aromatic rings. The lowest BCUT2D eigenvalue weighted by Gasteiger charge is -2.15. The van der Waals surface area contributed by atoms with E-state index in [0.717, 1.165) is 16.8 Å². The Balaban J connectivity index is 2.08. The molecule has 0 aliphatic carbocycles. The molecule has 3 nitrogen and oxygen atoms in total. The van der Waals surface area contributed by atoms with Crippen LogP contribution in [-0.2, 0) is 4.79 Å². The van der Waals surface area contributed by atoms with Gasteiger partial charge in [-0.15, -0.1) is 0 Å². The largest absolute Gasteiger partial charge is 0.325 e. The molecule has 1 atom stereocenters. The monoisotopic (exact) mass is 268 g/mol. The number of benzene rings is 2. The zero-order chi connectivity index (χ0) is 14.5. The number of anilines is 1. The lowest BCUT2D eigenvalue weighted by Crippen LogP contribution is -2.39. The Kier molecular flexibility index (Phi) is 4.53. The van der Waals surface area contributed by atoms with E-state index in [-0.39, 0.29) is 11.8 Å². The molecular weight excluding hydrogens is 248 g/mol. The first-order valence-corrected chi connectivity index (χ1v) is 6.80. The second kappa shape index (κ2) is 6.35. The molecular formula is C17H20N2O. The summed E-state index contributed by atoms with van der Waals surface area (Å²) in [4.78, 5) is 11.9. The van der Waals surface area contributed by atoms with E-state index >= 15 is 0 Å². The van der Waals surface area contributed by atoms with Crippen molar-refractivity contribution in [1.29, 1.82) is 0 Å². The Hall–Kier alpha value is -2.13. The van der Waals surface area contributed by atoms with E-state index < -0.39 is 6.04 Å². The fourth-order valence-corrected chi connectivity index (χ4v) is 1.90. The fraction of sp³-hybridized carbons (Fsp3) is 0.235. The third kappa shape index (κ3) is 3.45. The lowest BCUT2D eigenvalue weighted by molar-refractivity contribution is -0.118. The topological polar surface area (TPSA) is 55.1 Å². The van der Waals surface area contributed by atoms with Gasteiger partial charge in [0.05, 0.1) is 6.04 Å². The molecule has 0 aliphatic rings. The van der Waals surface area contributed by atoms with Crippen molar-refractivity contribution in [2.45, 2.75) is 19.9 Å². The summed E-state index contributed by atoms with van der Waals surface area (Å²) in [5.74, 6) is -0.0222. The van der Waals surface area contributed by atoms with Gasteiger partial charge in [0.25, 0.3) is 0 Å². The predicted octanol–water partition coefficient (Wildman–Crippen LogP) is 3.28. The van der Waals surface area contributed by atoms with E-state index in [0.29, 0.717) is 0 Å². The van der Waals surface area contributed by atoms with Crippen molar-refractivity contribution in [2.75, 3.05) is 5.32 Å². The van der Waals surface area contributed by atoms with Crippen molar-refractivity contribution in [3.8, 4) is 11.1 Å². The highest BCUT2D eigenvalue weighted by Crippen LogP contribution is 2.21. The zero-order valence-electron chi connectivity index (χ0n) is 11.8. The average Bonchev–Trinajstić information content (AvgIpc) is 2.48. The summed E-state index contributed by atoms with van der Waals surface area (Å²) in [5.41, 5.74) is 8.86. The SMILES string of the molecule is CC(C)C(N)C(=O)Nc1ccc(-c2ccccc2)cc1. The van der Waals surface area contributed by atoms with Crippen molar-refractivity contribution < 1.29 is 4.79 Å². The van der Waals surface area contributed by atoms with Crippen LogP contribution in [0.1, 0.15) is 13.8 Å². The van der Waals surface area contributed by atoms with E-state index in [1.54, 1.807) is 0 Å². The van der Waals surface area contributed by atoms with E-state index in [1.807, 2.05) is 56.3 Å². The summed E-state index contributed by atoms with van der Waals surface area (Å²) in [6.07, 6.45) is 0. The van der Waals surface area contributed by atoms with Crippen molar-refractivity contribution in [3.63, 3.8) is 0 Å². The molecule has 0 radical (unpaired) electrons. The number of nitrogens with one attached hydrogen (secondary N) is 1. The molecule has 0 fully saturated rings. The molecule has 3 heteroatoms. The summed E-state index contributed by atoms with van der Waals surface area (Å²) >= 11 is 0. The Morgan fingerprint density at radius 1 is 0.950 bits per heavy atom. The van der Waals surface area contributed by atoms with Crippen LogP contribution in [-0.4, -0.2) is 11.9 Å². The second-order valence-electron chi connectivity index (χ2n) is 5.20. The molecule has 104 valence electrons. The number of carbonyl (C=O) groups excluding carboxylic acids is 1. The van der Waals surface area contributed by atoms with Crippen LogP contribution in [0.25, 0.3) is 11.1 Å². The number of hydrogen-bond acceptors (Lipinski definition) is 2. The van der Waals surface area contributed by atoms with Crippen molar-refractivity contribution in [2.24, 2.45) is 11.7 Å². The van der Waals surface area contributed by atoms with Crippen LogP contribution < -0.4 is 11.1 Å². The zero-order valence-corrected chi connectivity index (χ0v) is 11.8. The van der Waals surface area contributed by atoms with Crippen LogP contribution in [0.4, 0.5) is 5.69 Å². The summed E-state index contributed by atoms with van der Waals surface area (Å²) in [7, 11) is 0. The minimum Gasteiger partial charge on any atom is -0.325 e. The summed E-state index contributed by atoms with van der Waals surface area (Å²) < 4.78 is 0. The second-order valence-corrected chi connectivity index (χ2v) is 5.20. The number of amides is 1. The highest BCUT2D eigenvalue weighted by atomic mass is 16.2. The molecule has 1 amide bonds. The van der Waals surface area contributed by atoms with Gasteiger partial charge in [-0.1, -0.05) is 56.3 Å². The molecule has 0 aliphatic heterocycles. The van der Waals surface area contributed by atoms with Gasteiger partial charge >= 0.3 is 0 Å². The van der Waals surface area contributed by atoms with Gasteiger partial charge in [0, 0.05) is 5.69 Å². The van der Waals surface area contributed by atoms with Gasteiger partial charge in [0.15, 0.2) is 0 Å². The van der Waals surface area contributed by atoms with Crippen LogP contribution in [0.15, 0.2) is 54.6 Å². The summed E-state index contributed by atoms with van der Waals surface area (Å²) in [6, 6.07) is 17.4. The number of rotatable bonds is 4. The predicted molar refractivity (Wildman–Crippen MR) is 83.3 cm³/mol. The molecule has 1 unspecified atom stereocenters. The molecule has 0 bridgehead atoms. The maximum Gasteiger partial charge on any atom is 0.241 e. The van der Waals surface area contributed by atoms with E-state index in [9.17, 15) is 4.79 Å². The molecule has 0 spiro atoms. The lowest BCUT2D eigenvalue weighted by atomic mass is 10.0. The first-order chi connectivity index (χ1) is 9.58.